The first-order chi connectivity index (χ1) is 21.9. The third-order valence-corrected chi connectivity index (χ3v) is 9.28. The minimum Gasteiger partial charge on any atom is -0.481 e. The van der Waals surface area contributed by atoms with Crippen molar-refractivity contribution in [2.45, 2.75) is 79.1 Å². The Morgan fingerprint density at radius 1 is 0.913 bits per heavy atom. The van der Waals surface area contributed by atoms with Crippen LogP contribution in [0.4, 0.5) is 0 Å². The first-order valence-electron chi connectivity index (χ1n) is 15.6. The fourth-order valence-corrected chi connectivity index (χ4v) is 6.71. The predicted molar refractivity (Wildman–Crippen MR) is 175 cm³/mol. The number of aromatic carboxylic acids is 1. The second-order valence-electron chi connectivity index (χ2n) is 11.9. The van der Waals surface area contributed by atoms with Crippen molar-refractivity contribution < 1.29 is 34.4 Å². The van der Waals surface area contributed by atoms with Gasteiger partial charge in [-0.2, -0.15) is 0 Å². The Labute approximate surface area is 266 Å². The quantitative estimate of drug-likeness (QED) is 0.178. The van der Waals surface area contributed by atoms with Crippen molar-refractivity contribution in [3.8, 4) is 0 Å². The highest BCUT2D eigenvalue weighted by Crippen LogP contribution is 2.43. The van der Waals surface area contributed by atoms with E-state index in [1.54, 1.807) is 13.8 Å². The maximum absolute atomic E-state index is 13.1. The first kappa shape index (κ1) is 32.6. The van der Waals surface area contributed by atoms with Crippen LogP contribution in [0.15, 0.2) is 18.2 Å². The number of aromatic amines is 2. The van der Waals surface area contributed by atoms with Crippen LogP contribution >= 0.6 is 0 Å². The van der Waals surface area contributed by atoms with Crippen LogP contribution in [0.25, 0.3) is 33.2 Å². The molecule has 0 aliphatic carbocycles. The number of carboxylic acids is 2. The number of fused-ring (bicyclic) bond motifs is 8. The lowest BCUT2D eigenvalue weighted by atomic mass is 9.85. The molecule has 0 radical (unpaired) electrons. The van der Waals surface area contributed by atoms with Crippen LogP contribution in [0, 0.1) is 13.8 Å². The molecule has 0 unspecified atom stereocenters. The second kappa shape index (κ2) is 12.9. The Kier molecular flexibility index (Phi) is 9.16. The number of aromatic nitrogens is 4. The number of rotatable bonds is 9. The van der Waals surface area contributed by atoms with Crippen LogP contribution in [0.3, 0.4) is 0 Å². The summed E-state index contributed by atoms with van der Waals surface area (Å²) in [6.45, 7) is 11.2. The number of aliphatic hydroxyl groups is 1. The number of carboxylic acid groups (broad SMARTS) is 2. The lowest BCUT2D eigenvalue weighted by Crippen LogP contribution is -2.13. The monoisotopic (exact) mass is 628 g/mol. The van der Waals surface area contributed by atoms with Crippen molar-refractivity contribution in [3.05, 3.63) is 68.8 Å². The number of H-pyrrole nitrogens is 2. The normalized spacial score (nSPS) is 16.2. The average Bonchev–Trinajstić information content (AvgIpc) is 3.68. The van der Waals surface area contributed by atoms with E-state index in [1.165, 1.54) is 0 Å². The minimum absolute atomic E-state index is 0.0121. The molecule has 3 aromatic heterocycles. The van der Waals surface area contributed by atoms with Crippen molar-refractivity contribution >= 4 is 51.1 Å². The van der Waals surface area contributed by atoms with Gasteiger partial charge >= 0.3 is 17.9 Å². The molecule has 11 heteroatoms. The van der Waals surface area contributed by atoms with E-state index < -0.39 is 23.8 Å². The van der Waals surface area contributed by atoms with Crippen LogP contribution in [0.2, 0.25) is 0 Å². The number of nitrogens with one attached hydrogen (secondary N) is 2. The Balaban J connectivity index is 2.02. The molecule has 0 saturated carbocycles. The molecule has 46 heavy (non-hydrogen) atoms. The number of allylic oxidation sites excluding steroid dienone is 1. The van der Waals surface area contributed by atoms with Gasteiger partial charge < -0.3 is 30.0 Å². The molecule has 5 heterocycles. The van der Waals surface area contributed by atoms with Crippen LogP contribution in [-0.4, -0.2) is 66.4 Å². The van der Waals surface area contributed by atoms with Crippen molar-refractivity contribution in [2.24, 2.45) is 0 Å². The Bertz CT molecular complexity index is 1950. The second-order valence-corrected chi connectivity index (χ2v) is 11.9. The number of nitrogens with zero attached hydrogens (tertiary/aromatic N) is 2. The minimum atomic E-state index is -1.17. The van der Waals surface area contributed by atoms with Crippen LogP contribution in [0.5, 0.6) is 0 Å². The van der Waals surface area contributed by atoms with Gasteiger partial charge in [0.25, 0.3) is 0 Å². The molecule has 5 N–H and O–H groups in total. The molecular weight excluding hydrogens is 588 g/mol. The summed E-state index contributed by atoms with van der Waals surface area (Å²) < 4.78 is 5.32. The number of aryl methyl sites for hydroxylation is 3. The van der Waals surface area contributed by atoms with Crippen molar-refractivity contribution in [2.75, 3.05) is 13.2 Å². The highest BCUT2D eigenvalue weighted by molar-refractivity contribution is 6.02. The molecule has 2 atom stereocenters. The maximum atomic E-state index is 13.1. The van der Waals surface area contributed by atoms with Crippen molar-refractivity contribution in [1.82, 2.24) is 19.9 Å². The zero-order valence-electron chi connectivity index (χ0n) is 27.0. The van der Waals surface area contributed by atoms with Gasteiger partial charge in [-0.15, -0.1) is 0 Å². The molecule has 2 aliphatic rings. The summed E-state index contributed by atoms with van der Waals surface area (Å²) in [5.74, 6) is -3.40. The van der Waals surface area contributed by atoms with E-state index in [0.717, 1.165) is 27.7 Å². The summed E-state index contributed by atoms with van der Waals surface area (Å²) >= 11 is 0. The lowest BCUT2D eigenvalue weighted by molar-refractivity contribution is -0.142. The summed E-state index contributed by atoms with van der Waals surface area (Å²) in [6.07, 6.45) is 0.526. The van der Waals surface area contributed by atoms with Gasteiger partial charge in [-0.25, -0.2) is 9.78 Å². The van der Waals surface area contributed by atoms with Crippen molar-refractivity contribution in [3.63, 3.8) is 0 Å². The molecule has 0 fully saturated rings. The molecule has 5 rings (SSSR count). The molecule has 0 spiro atoms. The number of hydrogen-bond acceptors (Lipinski definition) is 7. The molecule has 8 bridgehead atoms. The third kappa shape index (κ3) is 5.82. The van der Waals surface area contributed by atoms with Gasteiger partial charge in [0.1, 0.15) is 0 Å². The van der Waals surface area contributed by atoms with Gasteiger partial charge in [-0.05, 0) is 81.0 Å². The van der Waals surface area contributed by atoms with Crippen molar-refractivity contribution in [1.29, 1.82) is 0 Å². The van der Waals surface area contributed by atoms with Gasteiger partial charge in [-0.1, -0.05) is 13.8 Å². The molecule has 242 valence electrons. The molecule has 0 amide bonds. The fourth-order valence-electron chi connectivity index (χ4n) is 6.71. The van der Waals surface area contributed by atoms with Gasteiger partial charge in [0, 0.05) is 51.6 Å². The van der Waals surface area contributed by atoms with E-state index in [-0.39, 0.29) is 49.5 Å². The highest BCUT2D eigenvalue weighted by atomic mass is 16.5. The van der Waals surface area contributed by atoms with Gasteiger partial charge in [0.15, 0.2) is 0 Å². The van der Waals surface area contributed by atoms with Gasteiger partial charge in [0.05, 0.1) is 47.8 Å². The third-order valence-electron chi connectivity index (χ3n) is 9.28. The Morgan fingerprint density at radius 2 is 1.63 bits per heavy atom. The summed E-state index contributed by atoms with van der Waals surface area (Å²) in [6, 6.07) is 5.63. The van der Waals surface area contributed by atoms with E-state index in [2.05, 4.69) is 9.97 Å². The van der Waals surface area contributed by atoms with E-state index >= 15 is 0 Å². The van der Waals surface area contributed by atoms with E-state index in [9.17, 15) is 29.7 Å². The molecule has 2 aliphatic heterocycles. The van der Waals surface area contributed by atoms with Gasteiger partial charge in [-0.3, -0.25) is 14.6 Å². The molecule has 3 aromatic rings. The number of carbonyl (C=O) groups is 3. The standard InChI is InChI=1S/C35H40N4O7/c1-7-20-16(3)25-13-29-23(15-40)18(5)24(37-29)12-26-17(4)21(9-10-30(41)42)33(38-26)22(11-31(43)46-8-2)34-32(35(44)45)19(6)27(39-34)14-28(20)36-25/h12-14,17,21,36,39-40H,7-11,15H2,1-6H3,(H,41,42)(H,44,45)/t17-,21-/m0/s1. The number of ether oxygens (including phenoxy) is 1. The van der Waals surface area contributed by atoms with Crippen LogP contribution < -0.4 is 0 Å². The van der Waals surface area contributed by atoms with E-state index in [4.69, 9.17) is 14.7 Å². The number of carbonyl (C=O) groups excluding carboxylic acids is 1. The largest absolute Gasteiger partial charge is 0.481 e. The summed E-state index contributed by atoms with van der Waals surface area (Å²) in [5, 5.41) is 30.4. The van der Waals surface area contributed by atoms with E-state index in [0.29, 0.717) is 51.4 Å². The highest BCUT2D eigenvalue weighted by Gasteiger charge is 2.34. The topological polar surface area (TPSA) is 178 Å². The lowest BCUT2D eigenvalue weighted by Gasteiger charge is -2.17. The number of esters is 1. The average molecular weight is 629 g/mol. The van der Waals surface area contributed by atoms with Crippen LogP contribution in [-0.2, 0) is 27.2 Å². The fraction of sp³-hybridized carbons (Fsp3) is 0.400. The molecule has 11 nitrogen and oxygen atoms in total. The summed E-state index contributed by atoms with van der Waals surface area (Å²) in [4.78, 5) is 54.3. The predicted octanol–water partition coefficient (Wildman–Crippen LogP) is 5.97. The SMILES string of the molecule is CCOC(=O)Cc1c2nc(cc3nc(cc4[nH]c(cc5[nH]c1c(C(=O)O)c5C)c(CC)c4C)C(CO)=C3C)[C@@H](C)[C@@H]2CCC(=O)O. The molecule has 0 saturated heterocycles. The Morgan fingerprint density at radius 3 is 2.26 bits per heavy atom. The smallest absolute Gasteiger partial charge is 0.338 e. The molecule has 0 aromatic carbocycles. The summed E-state index contributed by atoms with van der Waals surface area (Å²) in [7, 11) is 0. The van der Waals surface area contributed by atoms with Crippen LogP contribution in [0.1, 0.15) is 108 Å². The maximum Gasteiger partial charge on any atom is 0.338 e. The zero-order valence-corrected chi connectivity index (χ0v) is 27.0. The Hall–Kier alpha value is -4.77. The number of hydrogen-bond donors (Lipinski definition) is 5. The first-order valence-corrected chi connectivity index (χ1v) is 15.6. The van der Waals surface area contributed by atoms with Gasteiger partial charge in [0.2, 0.25) is 0 Å². The number of aliphatic carboxylic acids is 1. The zero-order chi connectivity index (χ0) is 33.4. The number of aliphatic hydroxyl groups excluding tert-OH is 1. The molecular formula is C35H40N4O7. The van der Waals surface area contributed by atoms with E-state index in [1.807, 2.05) is 45.9 Å². The summed E-state index contributed by atoms with van der Waals surface area (Å²) in [5.41, 5.74) is 9.10.